The van der Waals surface area contributed by atoms with E-state index in [1.54, 1.807) is 125 Å². The summed E-state index contributed by atoms with van der Waals surface area (Å²) in [6.45, 7) is 74.9. The number of aromatic nitrogens is 1. The molecule has 8 unspecified atom stereocenters. The number of para-hydroxylation sites is 1. The number of nitrogens with zero attached hydrogens (tertiary/aromatic N) is 2. The van der Waals surface area contributed by atoms with Crippen LogP contribution in [0.2, 0.25) is 0 Å². The molecule has 2 aliphatic heterocycles. The average molecular weight is 2120 g/mol. The van der Waals surface area contributed by atoms with Gasteiger partial charge in [-0.1, -0.05) is 350 Å². The lowest BCUT2D eigenvalue weighted by molar-refractivity contribution is -0.136. The quantitative estimate of drug-likeness (QED) is 0.0144. The van der Waals surface area contributed by atoms with Gasteiger partial charge in [0.05, 0.1) is 64.2 Å². The number of thioether (sulfide) groups is 1. The summed E-state index contributed by atoms with van der Waals surface area (Å²) in [6.07, 6.45) is 2.83. The minimum Gasteiger partial charge on any atom is -0.447 e. The first kappa shape index (κ1) is 134. The predicted octanol–water partition coefficient (Wildman–Crippen LogP) is 23.6. The summed E-state index contributed by atoms with van der Waals surface area (Å²) < 4.78 is 62.6. The third-order valence-corrected chi connectivity index (χ3v) is 27.1. The standard InChI is InChI=1S/C19H23NO3S.C19H29NO3.C18H26FNO3.C17H28N2O2S.C17H31NO4.C15H19NO2.C12H23NO2S/c1-14-10-12-16(13-11-14)24(22,23)20-17(18(21)19(2,3)4)15-8-6-5-7-9-15;1-13-8-10-14(11-9-13)12-23-17(22)20-15(18(2,3)4)16(21)19(5,6)7;1-17(2,3)14(15(21)18(4,5)6)20-16(22)23-11-12-9-7-8-10-13(12)19;1-10-12(22-11(2)18-10)9-13(20)19-14(16(3,4)5)15(21)17(6,7)8;1-16(2,3)13(14(19)17(4,5)6)18-15(20)22-11-12-9-7-8-10-21-12;1-15(2,3)13(17)12-9-10-16(14(12)18)11-7-5-4-6-8-11;1-6-16-8-7-10(13-9(2)14)11(15)12(3,4)5/h5-13,17,20H,1-4H3;8-11,15H,12H2,1-7H3,(H,20,22);7-10,14H,11H2,1-6H3,(H,20,22);14H,9H2,1-8H3,(H,19,20);12-13H,7-11H2,1-6H3,(H,18,20);4-8,12H,9-10H2,1-3H3;10H,6-8H2,1-5H3,(H,13,14). The fourth-order valence-corrected chi connectivity index (χ4v) is 17.5. The molecule has 31 heteroatoms. The second-order valence-corrected chi connectivity index (χ2v) is 53.8. The highest BCUT2D eigenvalue weighted by Crippen LogP contribution is 2.36. The van der Waals surface area contributed by atoms with Crippen molar-refractivity contribution in [3.63, 3.8) is 0 Å². The number of carbonyl (C=O) groups is 13. The number of aryl methyl sites for hydroxylation is 4. The molecule has 0 bridgehead atoms. The fraction of sp³-hybridized carbons (Fsp3) is 0.607. The predicted molar refractivity (Wildman–Crippen MR) is 593 cm³/mol. The maximum Gasteiger partial charge on any atom is 0.408 e. The van der Waals surface area contributed by atoms with E-state index in [9.17, 15) is 75.1 Å². The Labute approximate surface area is 893 Å². The number of benzene rings is 5. The van der Waals surface area contributed by atoms with Gasteiger partial charge >= 0.3 is 18.3 Å². The van der Waals surface area contributed by atoms with Gasteiger partial charge in [-0.2, -0.15) is 16.5 Å². The number of ketones is 7. The van der Waals surface area contributed by atoms with E-state index in [4.69, 9.17) is 18.9 Å². The van der Waals surface area contributed by atoms with E-state index in [1.165, 1.54) is 24.3 Å². The van der Waals surface area contributed by atoms with Crippen LogP contribution in [0.15, 0.2) is 138 Å². The number of anilines is 1. The molecule has 148 heavy (non-hydrogen) atoms. The minimum atomic E-state index is -3.80. The molecule has 8 rings (SSSR count). The second-order valence-electron chi connectivity index (χ2n) is 49.4. The minimum absolute atomic E-state index is 0.00251. The van der Waals surface area contributed by atoms with Crippen molar-refractivity contribution in [1.82, 2.24) is 36.3 Å². The SMILES string of the molecule is CC(C)(C)C(=O)C(NC(=O)OCC1CCCCO1)C(C)(C)C.CC(C)(C)C(=O)C(NC(=O)OCc1ccccc1F)C(C)(C)C.CC(C)(C)C(=O)C1CCN(c2ccccc2)C1=O.CCSCCC(NC(C)=O)C(=O)C(C)(C)C.Cc1ccc(COC(=O)NC(C(=O)C(C)(C)C)C(C)(C)C)cc1.Cc1ccc(S(=O)(=O)NC(C(=O)C(C)(C)C)c2ccccc2)cc1.Cc1nc(C)c(CC(=O)NC(C(=O)C(C)(C)C)C(C)(C)C)s1. The smallest absolute Gasteiger partial charge is 0.408 e. The number of amides is 6. The number of hydrogen-bond acceptors (Lipinski definition) is 22. The molecule has 0 aliphatic carbocycles. The lowest BCUT2D eigenvalue weighted by Gasteiger charge is -2.34. The lowest BCUT2D eigenvalue weighted by atomic mass is 9.75. The number of rotatable bonds is 29. The first-order valence-electron chi connectivity index (χ1n) is 51.1. The van der Waals surface area contributed by atoms with Gasteiger partial charge in [0.2, 0.25) is 27.7 Å². The third kappa shape index (κ3) is 48.0. The van der Waals surface area contributed by atoms with Gasteiger partial charge in [0.15, 0.2) is 40.5 Å². The van der Waals surface area contributed by atoms with Crippen LogP contribution in [0.25, 0.3) is 0 Å². The zero-order chi connectivity index (χ0) is 114. The van der Waals surface area contributed by atoms with Crippen LogP contribution in [-0.4, -0.2) is 157 Å². The van der Waals surface area contributed by atoms with Crippen molar-refractivity contribution in [1.29, 1.82) is 0 Å². The van der Waals surface area contributed by atoms with E-state index in [1.807, 2.05) is 275 Å². The molecule has 826 valence electrons. The molecule has 6 aromatic rings. The summed E-state index contributed by atoms with van der Waals surface area (Å²) in [7, 11) is -3.80. The Bertz CT molecular complexity index is 5430. The van der Waals surface area contributed by atoms with Crippen molar-refractivity contribution in [2.24, 2.45) is 65.5 Å². The van der Waals surface area contributed by atoms with Gasteiger partial charge in [-0.25, -0.2) is 32.2 Å². The van der Waals surface area contributed by atoms with Gasteiger partial charge in [-0.05, 0) is 134 Å². The summed E-state index contributed by atoms with van der Waals surface area (Å²) in [5.74, 6) is 0.703. The molecule has 8 atom stereocenters. The molecule has 6 amide bonds. The summed E-state index contributed by atoms with van der Waals surface area (Å²) in [5, 5.41) is 14.7. The van der Waals surface area contributed by atoms with Crippen LogP contribution in [0.4, 0.5) is 24.5 Å². The number of alkyl carbamates (subject to hydrolysis) is 3. The molecule has 1 aromatic heterocycles. The number of Topliss-reactive ketones (excluding diaryl/α,β-unsaturated/α-hetero) is 7. The lowest BCUT2D eigenvalue weighted by Crippen LogP contribution is -2.53. The molecule has 2 aliphatic rings. The van der Waals surface area contributed by atoms with Crippen LogP contribution >= 0.6 is 23.1 Å². The van der Waals surface area contributed by atoms with Gasteiger partial charge in [0.1, 0.15) is 31.7 Å². The Morgan fingerprint density at radius 2 is 0.885 bits per heavy atom. The number of sulfonamides is 1. The summed E-state index contributed by atoms with van der Waals surface area (Å²) in [4.78, 5) is 166. The Kier molecular flexibility index (Phi) is 52.3. The molecule has 6 N–H and O–H groups in total. The number of ether oxygens (including phenoxy) is 4. The summed E-state index contributed by atoms with van der Waals surface area (Å²) >= 11 is 3.32. The molecular weight excluding hydrogens is 1940 g/mol. The number of halogens is 1. The fourth-order valence-electron chi connectivity index (χ4n) is 14.7. The molecule has 0 saturated carbocycles. The molecular formula is C117H179FN8O19S3. The largest absolute Gasteiger partial charge is 0.447 e. The van der Waals surface area contributed by atoms with E-state index >= 15 is 0 Å². The van der Waals surface area contributed by atoms with Gasteiger partial charge in [0, 0.05) is 74.1 Å². The molecule has 0 spiro atoms. The van der Waals surface area contributed by atoms with E-state index in [2.05, 4.69) is 43.2 Å². The van der Waals surface area contributed by atoms with Crippen LogP contribution in [0.3, 0.4) is 0 Å². The number of carbonyl (C=O) groups excluding carboxylic acids is 13. The van der Waals surface area contributed by atoms with E-state index in [0.29, 0.717) is 24.9 Å². The number of nitrogens with one attached hydrogen (secondary N) is 6. The van der Waals surface area contributed by atoms with Gasteiger partial charge in [-0.3, -0.25) is 47.9 Å². The van der Waals surface area contributed by atoms with Crippen molar-refractivity contribution < 1.29 is 94.1 Å². The van der Waals surface area contributed by atoms with Crippen molar-refractivity contribution in [3.8, 4) is 0 Å². The van der Waals surface area contributed by atoms with Crippen molar-refractivity contribution in [3.05, 3.63) is 183 Å². The van der Waals surface area contributed by atoms with Crippen LogP contribution < -0.4 is 36.2 Å². The average Bonchev–Trinajstić information content (AvgIpc) is 1.15. The maximum absolute atomic E-state index is 13.5. The molecule has 2 saturated heterocycles. The summed E-state index contributed by atoms with van der Waals surface area (Å²) in [6, 6.07) is 35.3. The van der Waals surface area contributed by atoms with E-state index < -0.39 is 114 Å². The molecule has 2 fully saturated rings. The van der Waals surface area contributed by atoms with Crippen LogP contribution in [-0.2, 0) is 96.6 Å². The molecule has 27 nitrogen and oxygen atoms in total. The Hall–Kier alpha value is -10.2. The second kappa shape index (κ2) is 57.9. The van der Waals surface area contributed by atoms with Gasteiger partial charge in [-0.15, -0.1) is 11.3 Å². The van der Waals surface area contributed by atoms with E-state index in [-0.39, 0.29) is 123 Å². The Morgan fingerprint density at radius 1 is 0.480 bits per heavy atom. The van der Waals surface area contributed by atoms with Crippen LogP contribution in [0.1, 0.15) is 324 Å². The Morgan fingerprint density at radius 3 is 1.27 bits per heavy atom. The zero-order valence-electron chi connectivity index (χ0n) is 96.3. The first-order chi connectivity index (χ1) is 67.5. The highest BCUT2D eigenvalue weighted by Gasteiger charge is 2.46. The normalized spacial score (nSPS) is 15.4. The number of hydrogen-bond donors (Lipinski definition) is 6. The highest BCUT2D eigenvalue weighted by atomic mass is 32.2. The maximum atomic E-state index is 13.5. The van der Waals surface area contributed by atoms with Gasteiger partial charge in [0.25, 0.3) is 0 Å². The summed E-state index contributed by atoms with van der Waals surface area (Å²) in [5.41, 5.74) is 0.579. The van der Waals surface area contributed by atoms with E-state index in [0.717, 1.165) is 75.3 Å². The van der Waals surface area contributed by atoms with Crippen molar-refractivity contribution >= 4 is 115 Å². The monoisotopic (exact) mass is 2120 g/mol. The topological polar surface area (TPSA) is 381 Å². The van der Waals surface area contributed by atoms with Crippen LogP contribution in [0, 0.1) is 99.0 Å². The highest BCUT2D eigenvalue weighted by molar-refractivity contribution is 7.99. The molecule has 3 heterocycles. The Balaban J connectivity index is 0.000000585. The third-order valence-electron chi connectivity index (χ3n) is 23.6. The van der Waals surface area contributed by atoms with Gasteiger partial charge < -0.3 is 50.4 Å². The zero-order valence-corrected chi connectivity index (χ0v) is 98.7. The van der Waals surface area contributed by atoms with Crippen molar-refractivity contribution in [2.75, 3.05) is 36.2 Å². The van der Waals surface area contributed by atoms with Crippen molar-refractivity contribution in [2.45, 2.75) is 369 Å². The first-order valence-corrected chi connectivity index (χ1v) is 54.5. The van der Waals surface area contributed by atoms with Crippen LogP contribution in [0.5, 0.6) is 0 Å². The molecule has 0 radical (unpaired) electrons. The molecule has 5 aromatic carbocycles. The number of thiazole rings is 1.